The first kappa shape index (κ1) is 13.3. The monoisotopic (exact) mass is 245 g/mol. The predicted molar refractivity (Wildman–Crippen MR) is 74.5 cm³/mol. The van der Waals surface area contributed by atoms with E-state index in [1.807, 2.05) is 18.2 Å². The summed E-state index contributed by atoms with van der Waals surface area (Å²) in [6.07, 6.45) is 2.34. The minimum Gasteiger partial charge on any atom is -0.298 e. The number of Topliss-reactive ketones (excluding diaryl/α,β-unsaturated/α-hetero) is 1. The number of hydrogen-bond donors (Lipinski definition) is 0. The Balaban J connectivity index is 2.15. The third-order valence-electron chi connectivity index (χ3n) is 4.02. The Morgan fingerprint density at radius 1 is 1.17 bits per heavy atom. The van der Waals surface area contributed by atoms with Crippen molar-refractivity contribution in [2.45, 2.75) is 39.7 Å². The van der Waals surface area contributed by atoms with Gasteiger partial charge in [-0.15, -0.1) is 0 Å². The van der Waals surface area contributed by atoms with Gasteiger partial charge >= 0.3 is 0 Å². The van der Waals surface area contributed by atoms with E-state index >= 15 is 0 Å². The van der Waals surface area contributed by atoms with Gasteiger partial charge in [0.25, 0.3) is 0 Å². The van der Waals surface area contributed by atoms with Crippen LogP contribution in [0.4, 0.5) is 0 Å². The van der Waals surface area contributed by atoms with Gasteiger partial charge in [-0.05, 0) is 43.8 Å². The lowest BCUT2D eigenvalue weighted by Gasteiger charge is -2.40. The minimum atomic E-state index is -0.0534. The van der Waals surface area contributed by atoms with Crippen LogP contribution in [0, 0.1) is 5.41 Å². The van der Waals surface area contributed by atoms with Crippen LogP contribution in [0.15, 0.2) is 30.3 Å². The van der Waals surface area contributed by atoms with E-state index in [1.54, 1.807) is 6.92 Å². The number of carbonyl (C=O) groups is 1. The average molecular weight is 245 g/mol. The van der Waals surface area contributed by atoms with Crippen molar-refractivity contribution in [1.29, 1.82) is 0 Å². The number of hydrogen-bond acceptors (Lipinski definition) is 2. The summed E-state index contributed by atoms with van der Waals surface area (Å²) < 4.78 is 0. The molecule has 0 radical (unpaired) electrons. The maximum atomic E-state index is 12.0. The molecule has 1 unspecified atom stereocenters. The standard InChI is InChI=1S/C16H23NO/c1-13(18)15(14-7-5-4-6-8-14)17-11-9-16(2,3)10-12-17/h4-8,15H,9-12H2,1-3H3. The molecule has 0 bridgehead atoms. The van der Waals surface area contributed by atoms with Gasteiger partial charge in [-0.1, -0.05) is 44.2 Å². The molecule has 0 amide bonds. The highest BCUT2D eigenvalue weighted by atomic mass is 16.1. The number of benzene rings is 1. The minimum absolute atomic E-state index is 0.0534. The molecule has 0 spiro atoms. The first-order valence-corrected chi connectivity index (χ1v) is 6.79. The van der Waals surface area contributed by atoms with Gasteiger partial charge in [-0.25, -0.2) is 0 Å². The van der Waals surface area contributed by atoms with Crippen LogP contribution in [0.1, 0.15) is 45.2 Å². The van der Waals surface area contributed by atoms with Gasteiger partial charge in [0.05, 0.1) is 6.04 Å². The lowest BCUT2D eigenvalue weighted by atomic mass is 9.81. The average Bonchev–Trinajstić information content (AvgIpc) is 2.33. The Labute approximate surface area is 110 Å². The van der Waals surface area contributed by atoms with Crippen molar-refractivity contribution in [2.24, 2.45) is 5.41 Å². The molecule has 0 aliphatic carbocycles. The highest BCUT2D eigenvalue weighted by molar-refractivity contribution is 5.82. The summed E-state index contributed by atoms with van der Waals surface area (Å²) in [7, 11) is 0. The van der Waals surface area contributed by atoms with Gasteiger partial charge in [0, 0.05) is 0 Å². The molecule has 1 aliphatic rings. The van der Waals surface area contributed by atoms with Crippen LogP contribution in [0.2, 0.25) is 0 Å². The van der Waals surface area contributed by atoms with E-state index in [1.165, 1.54) is 12.8 Å². The van der Waals surface area contributed by atoms with Gasteiger partial charge in [0.2, 0.25) is 0 Å². The molecular formula is C16H23NO. The Morgan fingerprint density at radius 3 is 2.22 bits per heavy atom. The number of nitrogens with zero attached hydrogens (tertiary/aromatic N) is 1. The normalized spacial score (nSPS) is 21.5. The summed E-state index contributed by atoms with van der Waals surface area (Å²) in [4.78, 5) is 14.3. The Bertz CT molecular complexity index is 400. The first-order chi connectivity index (χ1) is 8.49. The highest BCUT2D eigenvalue weighted by Gasteiger charge is 2.31. The molecule has 98 valence electrons. The van der Waals surface area contributed by atoms with E-state index in [2.05, 4.69) is 30.9 Å². The molecule has 1 saturated heterocycles. The Kier molecular flexibility index (Phi) is 3.86. The van der Waals surface area contributed by atoms with Gasteiger partial charge in [-0.3, -0.25) is 9.69 Å². The number of carbonyl (C=O) groups excluding carboxylic acids is 1. The summed E-state index contributed by atoms with van der Waals surface area (Å²) in [6, 6.07) is 10.1. The van der Waals surface area contributed by atoms with Gasteiger partial charge in [0.1, 0.15) is 0 Å². The van der Waals surface area contributed by atoms with Crippen molar-refractivity contribution >= 4 is 5.78 Å². The molecular weight excluding hydrogens is 222 g/mol. The highest BCUT2D eigenvalue weighted by Crippen LogP contribution is 2.34. The molecule has 1 atom stereocenters. The lowest BCUT2D eigenvalue weighted by molar-refractivity contribution is -0.123. The molecule has 1 aromatic carbocycles. The van der Waals surface area contributed by atoms with Crippen LogP contribution in [-0.2, 0) is 4.79 Å². The molecule has 1 fully saturated rings. The predicted octanol–water partition coefficient (Wildman–Crippen LogP) is 3.44. The topological polar surface area (TPSA) is 20.3 Å². The maximum absolute atomic E-state index is 12.0. The lowest BCUT2D eigenvalue weighted by Crippen LogP contribution is -2.41. The molecule has 0 N–H and O–H groups in total. The molecule has 0 aromatic heterocycles. The van der Waals surface area contributed by atoms with Crippen molar-refractivity contribution in [1.82, 2.24) is 4.90 Å². The van der Waals surface area contributed by atoms with E-state index < -0.39 is 0 Å². The van der Waals surface area contributed by atoms with E-state index in [0.717, 1.165) is 18.7 Å². The van der Waals surface area contributed by atoms with Crippen molar-refractivity contribution in [3.63, 3.8) is 0 Å². The van der Waals surface area contributed by atoms with E-state index in [0.29, 0.717) is 5.41 Å². The molecule has 0 saturated carbocycles. The Morgan fingerprint density at radius 2 is 1.72 bits per heavy atom. The Hall–Kier alpha value is -1.15. The molecule has 1 aliphatic heterocycles. The summed E-state index contributed by atoms with van der Waals surface area (Å²) in [5.74, 6) is 0.251. The van der Waals surface area contributed by atoms with Gasteiger partial charge < -0.3 is 0 Å². The fraction of sp³-hybridized carbons (Fsp3) is 0.562. The zero-order valence-corrected chi connectivity index (χ0v) is 11.6. The fourth-order valence-corrected chi connectivity index (χ4v) is 2.73. The quantitative estimate of drug-likeness (QED) is 0.813. The third-order valence-corrected chi connectivity index (χ3v) is 4.02. The van der Waals surface area contributed by atoms with Crippen molar-refractivity contribution in [3.05, 3.63) is 35.9 Å². The molecule has 1 aromatic rings. The molecule has 2 nitrogen and oxygen atoms in total. The molecule has 2 rings (SSSR count). The van der Waals surface area contributed by atoms with E-state index in [4.69, 9.17) is 0 Å². The number of piperidine rings is 1. The van der Waals surface area contributed by atoms with E-state index in [9.17, 15) is 4.79 Å². The van der Waals surface area contributed by atoms with Crippen molar-refractivity contribution in [3.8, 4) is 0 Å². The molecule has 1 heterocycles. The largest absolute Gasteiger partial charge is 0.298 e. The zero-order valence-electron chi connectivity index (χ0n) is 11.6. The molecule has 2 heteroatoms. The van der Waals surface area contributed by atoms with Crippen LogP contribution < -0.4 is 0 Å². The second kappa shape index (κ2) is 5.23. The second-order valence-corrected chi connectivity index (χ2v) is 6.12. The molecule has 18 heavy (non-hydrogen) atoms. The summed E-state index contributed by atoms with van der Waals surface area (Å²) in [5.41, 5.74) is 1.55. The van der Waals surface area contributed by atoms with Crippen LogP contribution in [-0.4, -0.2) is 23.8 Å². The summed E-state index contributed by atoms with van der Waals surface area (Å²) >= 11 is 0. The van der Waals surface area contributed by atoms with Crippen molar-refractivity contribution < 1.29 is 4.79 Å². The van der Waals surface area contributed by atoms with Crippen LogP contribution in [0.25, 0.3) is 0 Å². The number of ketones is 1. The fourth-order valence-electron chi connectivity index (χ4n) is 2.73. The summed E-state index contributed by atoms with van der Waals surface area (Å²) in [6.45, 7) is 8.38. The summed E-state index contributed by atoms with van der Waals surface area (Å²) in [5, 5.41) is 0. The van der Waals surface area contributed by atoms with Crippen LogP contribution in [0.3, 0.4) is 0 Å². The van der Waals surface area contributed by atoms with E-state index in [-0.39, 0.29) is 11.8 Å². The maximum Gasteiger partial charge on any atom is 0.151 e. The van der Waals surface area contributed by atoms with Gasteiger partial charge in [0.15, 0.2) is 5.78 Å². The van der Waals surface area contributed by atoms with Crippen LogP contribution in [0.5, 0.6) is 0 Å². The third kappa shape index (κ3) is 2.99. The zero-order chi connectivity index (χ0) is 13.2. The number of likely N-dealkylation sites (tertiary alicyclic amines) is 1. The first-order valence-electron chi connectivity index (χ1n) is 6.79. The smallest absolute Gasteiger partial charge is 0.151 e. The SMILES string of the molecule is CC(=O)C(c1ccccc1)N1CCC(C)(C)CC1. The van der Waals surface area contributed by atoms with Crippen LogP contribution >= 0.6 is 0 Å². The second-order valence-electron chi connectivity index (χ2n) is 6.12. The number of rotatable bonds is 3. The van der Waals surface area contributed by atoms with Crippen molar-refractivity contribution in [2.75, 3.05) is 13.1 Å². The van der Waals surface area contributed by atoms with Gasteiger partial charge in [-0.2, -0.15) is 0 Å².